The second-order valence-electron chi connectivity index (χ2n) is 5.26. The Labute approximate surface area is 118 Å². The molecule has 0 bridgehead atoms. The number of alkyl carbamates (subject to hydrolysis) is 1. The number of nitrogens with zero attached hydrogens (tertiary/aromatic N) is 1. The minimum atomic E-state index is -0.509. The minimum Gasteiger partial charge on any atom is -0.444 e. The van der Waals surface area contributed by atoms with Crippen LogP contribution in [0.1, 0.15) is 31.9 Å². The fraction of sp³-hybridized carbons (Fsp3) is 0.429. The summed E-state index contributed by atoms with van der Waals surface area (Å²) in [7, 11) is 0. The molecule has 0 unspecified atom stereocenters. The van der Waals surface area contributed by atoms with Gasteiger partial charge >= 0.3 is 6.09 Å². The number of hydrogen-bond acceptors (Lipinski definition) is 5. The summed E-state index contributed by atoms with van der Waals surface area (Å²) in [6.07, 6.45) is 4.67. The molecule has 0 saturated heterocycles. The van der Waals surface area contributed by atoms with Gasteiger partial charge in [0, 0.05) is 18.3 Å². The highest BCUT2D eigenvalue weighted by molar-refractivity contribution is 5.68. The van der Waals surface area contributed by atoms with E-state index in [0.717, 1.165) is 5.56 Å². The Hall–Kier alpha value is -2.08. The molecule has 20 heavy (non-hydrogen) atoms. The number of anilines is 1. The van der Waals surface area contributed by atoms with Crippen molar-refractivity contribution < 1.29 is 14.6 Å². The third-order valence-electron chi connectivity index (χ3n) is 2.27. The Morgan fingerprint density at radius 2 is 2.25 bits per heavy atom. The van der Waals surface area contributed by atoms with Crippen molar-refractivity contribution in [2.75, 3.05) is 12.3 Å². The number of amides is 1. The van der Waals surface area contributed by atoms with Crippen LogP contribution in [0.25, 0.3) is 6.08 Å². The van der Waals surface area contributed by atoms with E-state index in [9.17, 15) is 4.79 Å². The molecule has 0 aromatic carbocycles. The third kappa shape index (κ3) is 5.71. The number of nitrogens with one attached hydrogen (secondary N) is 1. The summed E-state index contributed by atoms with van der Waals surface area (Å²) in [5.74, 6) is 0.316. The van der Waals surface area contributed by atoms with Crippen LogP contribution in [0.15, 0.2) is 18.3 Å². The first-order valence-electron chi connectivity index (χ1n) is 6.30. The van der Waals surface area contributed by atoms with Crippen molar-refractivity contribution >= 4 is 18.0 Å². The molecule has 0 spiro atoms. The summed E-state index contributed by atoms with van der Waals surface area (Å²) in [5.41, 5.74) is 6.45. The van der Waals surface area contributed by atoms with E-state index < -0.39 is 11.7 Å². The van der Waals surface area contributed by atoms with Crippen molar-refractivity contribution in [3.05, 3.63) is 29.5 Å². The van der Waals surface area contributed by atoms with E-state index in [1.165, 1.54) is 0 Å². The molecule has 4 N–H and O–H groups in total. The van der Waals surface area contributed by atoms with Gasteiger partial charge in [0.25, 0.3) is 0 Å². The van der Waals surface area contributed by atoms with Crippen LogP contribution in [0.2, 0.25) is 0 Å². The van der Waals surface area contributed by atoms with E-state index >= 15 is 0 Å². The molecule has 0 aliphatic heterocycles. The summed E-state index contributed by atoms with van der Waals surface area (Å²) in [6.45, 7) is 5.60. The number of pyridine rings is 1. The van der Waals surface area contributed by atoms with E-state index in [0.29, 0.717) is 17.9 Å². The number of aliphatic hydroxyl groups excluding tert-OH is 1. The van der Waals surface area contributed by atoms with Gasteiger partial charge < -0.3 is 20.9 Å². The second-order valence-corrected chi connectivity index (χ2v) is 5.26. The number of rotatable bonds is 4. The lowest BCUT2D eigenvalue weighted by Gasteiger charge is -2.19. The van der Waals surface area contributed by atoms with Crippen molar-refractivity contribution in [3.8, 4) is 0 Å². The van der Waals surface area contributed by atoms with Gasteiger partial charge in [0.2, 0.25) is 0 Å². The first-order valence-corrected chi connectivity index (χ1v) is 6.30. The number of carbonyl (C=O) groups excluding carboxylic acids is 1. The molecular weight excluding hydrogens is 258 g/mol. The molecule has 0 radical (unpaired) electrons. The Balaban J connectivity index is 2.47. The zero-order valence-electron chi connectivity index (χ0n) is 12.0. The van der Waals surface area contributed by atoms with Gasteiger partial charge in [-0.15, -0.1) is 0 Å². The number of nitrogen functional groups attached to an aromatic ring is 1. The van der Waals surface area contributed by atoms with E-state index in [2.05, 4.69) is 10.3 Å². The van der Waals surface area contributed by atoms with Crippen molar-refractivity contribution in [2.45, 2.75) is 33.0 Å². The van der Waals surface area contributed by atoms with Crippen LogP contribution in [-0.4, -0.2) is 28.3 Å². The van der Waals surface area contributed by atoms with Crippen LogP contribution in [-0.2, 0) is 11.3 Å². The predicted octanol–water partition coefficient (Wildman–Crippen LogP) is 1.69. The van der Waals surface area contributed by atoms with E-state index in [1.807, 2.05) is 0 Å². The van der Waals surface area contributed by atoms with Gasteiger partial charge in [-0.05, 0) is 32.4 Å². The first kappa shape index (κ1) is 16.0. The predicted molar refractivity (Wildman–Crippen MR) is 77.8 cm³/mol. The molecule has 1 heterocycles. The number of nitrogens with two attached hydrogens (primary N) is 1. The molecule has 0 fully saturated rings. The van der Waals surface area contributed by atoms with Crippen LogP contribution in [0.4, 0.5) is 10.6 Å². The first-order chi connectivity index (χ1) is 9.31. The van der Waals surface area contributed by atoms with Crippen LogP contribution in [0.3, 0.4) is 0 Å². The van der Waals surface area contributed by atoms with Crippen LogP contribution < -0.4 is 11.1 Å². The largest absolute Gasteiger partial charge is 0.444 e. The van der Waals surface area contributed by atoms with Crippen LogP contribution >= 0.6 is 0 Å². The van der Waals surface area contributed by atoms with Crippen LogP contribution in [0, 0.1) is 0 Å². The van der Waals surface area contributed by atoms with E-state index in [-0.39, 0.29) is 6.61 Å². The van der Waals surface area contributed by atoms with Gasteiger partial charge in [0.15, 0.2) is 0 Å². The Bertz CT molecular complexity index is 493. The summed E-state index contributed by atoms with van der Waals surface area (Å²) in [6, 6.07) is 1.74. The van der Waals surface area contributed by atoms with Crippen LogP contribution in [0.5, 0.6) is 0 Å². The summed E-state index contributed by atoms with van der Waals surface area (Å²) in [4.78, 5) is 15.4. The fourth-order valence-corrected chi connectivity index (χ4v) is 1.41. The topological polar surface area (TPSA) is 97.5 Å². The maximum atomic E-state index is 11.4. The molecule has 0 aliphatic rings. The summed E-state index contributed by atoms with van der Waals surface area (Å²) < 4.78 is 5.10. The molecule has 0 atom stereocenters. The lowest BCUT2D eigenvalue weighted by atomic mass is 10.2. The number of aromatic nitrogens is 1. The Kier molecular flexibility index (Phi) is 5.52. The monoisotopic (exact) mass is 279 g/mol. The van der Waals surface area contributed by atoms with Crippen molar-refractivity contribution in [2.24, 2.45) is 0 Å². The molecule has 110 valence electrons. The van der Waals surface area contributed by atoms with Gasteiger partial charge in [0.1, 0.15) is 11.4 Å². The average molecular weight is 279 g/mol. The zero-order valence-corrected chi connectivity index (χ0v) is 12.0. The fourth-order valence-electron chi connectivity index (χ4n) is 1.41. The van der Waals surface area contributed by atoms with Gasteiger partial charge in [-0.1, -0.05) is 12.2 Å². The van der Waals surface area contributed by atoms with E-state index in [4.69, 9.17) is 15.6 Å². The molecule has 6 nitrogen and oxygen atoms in total. The SMILES string of the molecule is CC(C)(C)OC(=O)NCC=Cc1cnc(N)c(CO)c1. The number of carbonyl (C=O) groups is 1. The summed E-state index contributed by atoms with van der Waals surface area (Å²) >= 11 is 0. The van der Waals surface area contributed by atoms with Crippen molar-refractivity contribution in [1.82, 2.24) is 10.3 Å². The molecule has 1 amide bonds. The highest BCUT2D eigenvalue weighted by Crippen LogP contribution is 2.11. The molecule has 1 aromatic heterocycles. The van der Waals surface area contributed by atoms with E-state index in [1.54, 1.807) is 45.2 Å². The summed E-state index contributed by atoms with van der Waals surface area (Å²) in [5, 5.41) is 11.7. The van der Waals surface area contributed by atoms with Gasteiger partial charge in [0.05, 0.1) is 6.61 Å². The molecule has 1 rings (SSSR count). The highest BCUT2D eigenvalue weighted by Gasteiger charge is 2.14. The number of ether oxygens (including phenoxy) is 1. The standard InChI is InChI=1S/C14H21N3O3/c1-14(2,3)20-13(19)16-6-4-5-10-7-11(9-18)12(15)17-8-10/h4-5,7-8,18H,6,9H2,1-3H3,(H2,15,17)(H,16,19). The van der Waals surface area contributed by atoms with Crippen molar-refractivity contribution in [1.29, 1.82) is 0 Å². The molecule has 0 aliphatic carbocycles. The normalized spacial score (nSPS) is 11.6. The molecular formula is C14H21N3O3. The zero-order chi connectivity index (χ0) is 15.2. The molecule has 0 saturated carbocycles. The Morgan fingerprint density at radius 3 is 2.85 bits per heavy atom. The van der Waals surface area contributed by atoms with Crippen molar-refractivity contribution in [3.63, 3.8) is 0 Å². The molecule has 6 heteroatoms. The third-order valence-corrected chi connectivity index (χ3v) is 2.27. The van der Waals surface area contributed by atoms with Gasteiger partial charge in [-0.3, -0.25) is 0 Å². The number of aliphatic hydroxyl groups is 1. The second kappa shape index (κ2) is 6.91. The van der Waals surface area contributed by atoms with Gasteiger partial charge in [-0.2, -0.15) is 0 Å². The average Bonchev–Trinajstić information content (AvgIpc) is 2.34. The maximum absolute atomic E-state index is 11.4. The molecule has 1 aromatic rings. The quantitative estimate of drug-likeness (QED) is 0.779. The Morgan fingerprint density at radius 1 is 1.55 bits per heavy atom. The lowest BCUT2D eigenvalue weighted by molar-refractivity contribution is 0.0534. The smallest absolute Gasteiger partial charge is 0.407 e. The highest BCUT2D eigenvalue weighted by atomic mass is 16.6. The maximum Gasteiger partial charge on any atom is 0.407 e. The lowest BCUT2D eigenvalue weighted by Crippen LogP contribution is -2.32. The number of hydrogen-bond donors (Lipinski definition) is 3. The van der Waals surface area contributed by atoms with Gasteiger partial charge in [-0.25, -0.2) is 9.78 Å². The minimum absolute atomic E-state index is 0.156.